The lowest BCUT2D eigenvalue weighted by molar-refractivity contribution is -0.274. The van der Waals surface area contributed by atoms with Crippen LogP contribution < -0.4 is 4.72 Å². The SMILES string of the molecule is O=C(O)C1=C[C@H](O)[C@@H](O)[C@H](OC2[C@H]3CO[C@H](O3)[C@H](NS(=O)(=O)O)[C@H]2O)O1. The number of hydrogen-bond acceptors (Lipinski definition) is 10. The number of ether oxygens (including phenoxy) is 4. The molecular weight excluding hydrogens is 382 g/mol. The Morgan fingerprint density at radius 1 is 1.27 bits per heavy atom. The van der Waals surface area contributed by atoms with Crippen molar-refractivity contribution in [3.63, 3.8) is 0 Å². The first-order valence-electron chi connectivity index (χ1n) is 7.40. The van der Waals surface area contributed by atoms with E-state index >= 15 is 0 Å². The maximum absolute atomic E-state index is 11.0. The van der Waals surface area contributed by atoms with Gasteiger partial charge in [0.2, 0.25) is 12.0 Å². The van der Waals surface area contributed by atoms with Gasteiger partial charge in [0.15, 0.2) is 6.29 Å². The van der Waals surface area contributed by atoms with E-state index < -0.39 is 71.2 Å². The largest absolute Gasteiger partial charge is 0.475 e. The van der Waals surface area contributed by atoms with Crippen molar-refractivity contribution in [2.75, 3.05) is 6.61 Å². The summed E-state index contributed by atoms with van der Waals surface area (Å²) in [7, 11) is -4.71. The maximum atomic E-state index is 11.0. The molecule has 3 aliphatic rings. The van der Waals surface area contributed by atoms with Gasteiger partial charge in [-0.25, -0.2) is 4.79 Å². The fourth-order valence-corrected chi connectivity index (χ4v) is 3.48. The maximum Gasteiger partial charge on any atom is 0.371 e. The Hall–Kier alpha value is -1.36. The molecule has 148 valence electrons. The molecule has 3 heterocycles. The van der Waals surface area contributed by atoms with Crippen LogP contribution in [0.5, 0.6) is 0 Å². The molecule has 14 heteroatoms. The van der Waals surface area contributed by atoms with E-state index in [1.807, 2.05) is 0 Å². The van der Waals surface area contributed by atoms with Crippen LogP contribution in [0.3, 0.4) is 0 Å². The average Bonchev–Trinajstić information content (AvgIpc) is 2.97. The third-order valence-electron chi connectivity index (χ3n) is 4.08. The van der Waals surface area contributed by atoms with Gasteiger partial charge in [-0.05, 0) is 6.08 Å². The zero-order chi connectivity index (χ0) is 19.2. The van der Waals surface area contributed by atoms with E-state index in [-0.39, 0.29) is 6.61 Å². The van der Waals surface area contributed by atoms with E-state index in [2.05, 4.69) is 0 Å². The van der Waals surface area contributed by atoms with Crippen LogP contribution >= 0.6 is 0 Å². The summed E-state index contributed by atoms with van der Waals surface area (Å²) in [5, 5.41) is 39.0. The molecular formula is C12H17NO12S. The van der Waals surface area contributed by atoms with Gasteiger partial charge in [0, 0.05) is 0 Å². The van der Waals surface area contributed by atoms with Gasteiger partial charge in [0.1, 0.15) is 36.6 Å². The predicted octanol–water partition coefficient (Wildman–Crippen LogP) is -3.70. The van der Waals surface area contributed by atoms with E-state index in [0.717, 1.165) is 6.08 Å². The molecule has 0 aromatic carbocycles. The van der Waals surface area contributed by atoms with Crippen molar-refractivity contribution in [3.8, 4) is 0 Å². The molecule has 6 N–H and O–H groups in total. The van der Waals surface area contributed by atoms with Crippen LogP contribution in [-0.2, 0) is 34.0 Å². The van der Waals surface area contributed by atoms with E-state index in [4.69, 9.17) is 28.6 Å². The smallest absolute Gasteiger partial charge is 0.371 e. The van der Waals surface area contributed by atoms with Crippen molar-refractivity contribution in [2.45, 2.75) is 49.1 Å². The Kier molecular flexibility index (Phi) is 5.22. The van der Waals surface area contributed by atoms with Crippen molar-refractivity contribution in [2.24, 2.45) is 0 Å². The van der Waals surface area contributed by atoms with Gasteiger partial charge in [0.25, 0.3) is 0 Å². The predicted molar refractivity (Wildman–Crippen MR) is 76.6 cm³/mol. The van der Waals surface area contributed by atoms with Crippen molar-refractivity contribution >= 4 is 16.3 Å². The van der Waals surface area contributed by atoms with Crippen molar-refractivity contribution in [3.05, 3.63) is 11.8 Å². The minimum Gasteiger partial charge on any atom is -0.475 e. The second-order valence-electron chi connectivity index (χ2n) is 5.89. The Bertz CT molecular complexity index is 694. The van der Waals surface area contributed by atoms with Gasteiger partial charge in [-0.2, -0.15) is 13.1 Å². The first kappa shape index (κ1) is 19.4. The van der Waals surface area contributed by atoms with Gasteiger partial charge in [-0.15, -0.1) is 0 Å². The number of carboxylic acids is 1. The van der Waals surface area contributed by atoms with Crippen LogP contribution in [0, 0.1) is 0 Å². The highest BCUT2D eigenvalue weighted by Gasteiger charge is 2.53. The van der Waals surface area contributed by atoms with Gasteiger partial charge in [0.05, 0.1) is 6.61 Å². The summed E-state index contributed by atoms with van der Waals surface area (Å²) in [6, 6.07) is -1.44. The number of hydrogen-bond donors (Lipinski definition) is 6. The fourth-order valence-electron chi connectivity index (χ4n) is 2.89. The summed E-state index contributed by atoms with van der Waals surface area (Å²) >= 11 is 0. The monoisotopic (exact) mass is 399 g/mol. The van der Waals surface area contributed by atoms with Crippen LogP contribution in [0.1, 0.15) is 0 Å². The normalized spacial score (nSPS) is 42.8. The molecule has 2 saturated heterocycles. The lowest BCUT2D eigenvalue weighted by atomic mass is 9.99. The third-order valence-corrected chi connectivity index (χ3v) is 4.65. The Morgan fingerprint density at radius 2 is 1.96 bits per heavy atom. The average molecular weight is 399 g/mol. The zero-order valence-corrected chi connectivity index (χ0v) is 13.7. The molecule has 0 amide bonds. The highest BCUT2D eigenvalue weighted by molar-refractivity contribution is 7.83. The zero-order valence-electron chi connectivity index (χ0n) is 12.9. The van der Waals surface area contributed by atoms with E-state index in [1.54, 1.807) is 4.72 Å². The topological polar surface area (TPSA) is 201 Å². The number of fused-ring (bicyclic) bond motifs is 2. The van der Waals surface area contributed by atoms with Gasteiger partial charge < -0.3 is 39.4 Å². The van der Waals surface area contributed by atoms with Gasteiger partial charge >= 0.3 is 16.3 Å². The third kappa shape index (κ3) is 3.83. The molecule has 0 radical (unpaired) electrons. The molecule has 26 heavy (non-hydrogen) atoms. The van der Waals surface area contributed by atoms with Crippen molar-refractivity contribution < 1.29 is 57.1 Å². The molecule has 2 bridgehead atoms. The molecule has 13 nitrogen and oxygen atoms in total. The van der Waals surface area contributed by atoms with Crippen LogP contribution in [-0.4, -0.2) is 95.1 Å². The molecule has 8 atom stereocenters. The molecule has 0 saturated carbocycles. The lowest BCUT2D eigenvalue weighted by Crippen LogP contribution is -2.62. The van der Waals surface area contributed by atoms with Gasteiger partial charge in [-0.3, -0.25) is 4.55 Å². The number of nitrogens with one attached hydrogen (secondary N) is 1. The molecule has 1 unspecified atom stereocenters. The number of aliphatic hydroxyl groups excluding tert-OH is 3. The summed E-state index contributed by atoms with van der Waals surface area (Å²) < 4.78 is 53.6. The number of carboxylic acid groups (broad SMARTS) is 1. The second kappa shape index (κ2) is 6.99. The summed E-state index contributed by atoms with van der Waals surface area (Å²) in [4.78, 5) is 11.0. The molecule has 2 fully saturated rings. The highest BCUT2D eigenvalue weighted by Crippen LogP contribution is 2.32. The van der Waals surface area contributed by atoms with Crippen molar-refractivity contribution in [1.82, 2.24) is 4.72 Å². The van der Waals surface area contributed by atoms with Crippen LogP contribution in [0.4, 0.5) is 0 Å². The summed E-state index contributed by atoms with van der Waals surface area (Å²) in [6.45, 7) is -0.108. The first-order chi connectivity index (χ1) is 12.1. The molecule has 0 aromatic rings. The van der Waals surface area contributed by atoms with Crippen LogP contribution in [0.15, 0.2) is 11.8 Å². The molecule has 0 spiro atoms. The Labute approximate surface area is 146 Å². The minimum atomic E-state index is -4.71. The standard InChI is InChI=1S/C12H17NO12S/c14-3-1-4(10(17)18)23-12(7(3)15)25-9-5-2-22-11(24-5)6(8(9)16)13-26(19,20)21/h1,3,5-9,11-16H,2H2,(H,17,18)(H,19,20,21)/t3-,5+,6+,7+,8+,9?,11+,12-/m0/s1. The number of aliphatic hydroxyl groups is 3. The second-order valence-corrected chi connectivity index (χ2v) is 7.08. The minimum absolute atomic E-state index is 0.108. The van der Waals surface area contributed by atoms with E-state index in [1.165, 1.54) is 0 Å². The Morgan fingerprint density at radius 3 is 2.58 bits per heavy atom. The van der Waals surface area contributed by atoms with Crippen molar-refractivity contribution in [1.29, 1.82) is 0 Å². The van der Waals surface area contributed by atoms with Gasteiger partial charge in [-0.1, -0.05) is 0 Å². The Balaban J connectivity index is 1.78. The molecule has 0 aromatic heterocycles. The summed E-state index contributed by atoms with van der Waals surface area (Å²) in [5.41, 5.74) is 0. The van der Waals surface area contributed by atoms with Crippen LogP contribution in [0.2, 0.25) is 0 Å². The van der Waals surface area contributed by atoms with E-state index in [0.29, 0.717) is 0 Å². The lowest BCUT2D eigenvalue weighted by Gasteiger charge is -2.40. The number of rotatable bonds is 5. The fraction of sp³-hybridized carbons (Fsp3) is 0.750. The summed E-state index contributed by atoms with van der Waals surface area (Å²) in [6.07, 6.45) is -9.20. The number of carbonyl (C=O) groups is 1. The quantitative estimate of drug-likeness (QED) is 0.247. The summed E-state index contributed by atoms with van der Waals surface area (Å²) in [5.74, 6) is -2.19. The molecule has 3 rings (SSSR count). The molecule has 0 aliphatic carbocycles. The first-order valence-corrected chi connectivity index (χ1v) is 8.84. The van der Waals surface area contributed by atoms with Crippen LogP contribution in [0.25, 0.3) is 0 Å². The number of aliphatic carboxylic acids is 1. The van der Waals surface area contributed by atoms with E-state index in [9.17, 15) is 28.5 Å². The molecule has 3 aliphatic heterocycles. The highest BCUT2D eigenvalue weighted by atomic mass is 32.2.